The van der Waals surface area contributed by atoms with Gasteiger partial charge in [-0.25, -0.2) is 13.1 Å². The molecule has 1 saturated carbocycles. The molecule has 1 aromatic carbocycles. The lowest BCUT2D eigenvalue weighted by Gasteiger charge is -2.19. The summed E-state index contributed by atoms with van der Waals surface area (Å²) in [5.74, 6) is 0. The molecule has 1 aromatic rings. The Morgan fingerprint density at radius 2 is 2.05 bits per heavy atom. The summed E-state index contributed by atoms with van der Waals surface area (Å²) in [6, 6.07) is 5.14. The van der Waals surface area contributed by atoms with Crippen LogP contribution in [-0.4, -0.2) is 37.7 Å². The largest absolute Gasteiger partial charge is 0.365 e. The number of nitrogens with one attached hydrogen (secondary N) is 1. The molecule has 2 aliphatic rings. The van der Waals surface area contributed by atoms with Gasteiger partial charge in [-0.15, -0.1) is 0 Å². The van der Waals surface area contributed by atoms with Crippen LogP contribution in [0.25, 0.3) is 0 Å². The molecule has 0 unspecified atom stereocenters. The van der Waals surface area contributed by atoms with Gasteiger partial charge in [-0.05, 0) is 37.8 Å². The average Bonchev–Trinajstić information content (AvgIpc) is 3.10. The molecule has 1 aliphatic carbocycles. The van der Waals surface area contributed by atoms with Gasteiger partial charge in [0.1, 0.15) is 5.69 Å². The Labute approximate surface area is 129 Å². The Kier molecular flexibility index (Phi) is 3.82. The van der Waals surface area contributed by atoms with E-state index in [-0.39, 0.29) is 11.7 Å². The maximum Gasteiger partial charge on any atom is 0.292 e. The topological polar surface area (TPSA) is 92.6 Å². The molecule has 22 heavy (non-hydrogen) atoms. The summed E-state index contributed by atoms with van der Waals surface area (Å²) in [7, 11) is -3.34. The fraction of sp³-hybridized carbons (Fsp3) is 0.571. The molecule has 1 atom stereocenters. The molecule has 1 aliphatic heterocycles. The number of hydrogen-bond donors (Lipinski definition) is 1. The van der Waals surface area contributed by atoms with Gasteiger partial charge in [0.15, 0.2) is 0 Å². The minimum absolute atomic E-state index is 0.0354. The molecular formula is C14H19N3O4S. The van der Waals surface area contributed by atoms with Gasteiger partial charge in [0, 0.05) is 25.2 Å². The fourth-order valence-electron chi connectivity index (χ4n) is 2.78. The molecule has 0 spiro atoms. The Morgan fingerprint density at radius 1 is 1.32 bits per heavy atom. The minimum atomic E-state index is -3.34. The van der Waals surface area contributed by atoms with E-state index in [4.69, 9.17) is 0 Å². The normalized spacial score (nSPS) is 22.0. The van der Waals surface area contributed by atoms with Crippen LogP contribution < -0.4 is 9.62 Å². The van der Waals surface area contributed by atoms with E-state index in [9.17, 15) is 18.5 Å². The van der Waals surface area contributed by atoms with E-state index in [2.05, 4.69) is 4.72 Å². The molecule has 0 radical (unpaired) electrons. The zero-order valence-electron chi connectivity index (χ0n) is 12.4. The van der Waals surface area contributed by atoms with Crippen molar-refractivity contribution in [1.29, 1.82) is 0 Å². The molecule has 120 valence electrons. The van der Waals surface area contributed by atoms with Crippen LogP contribution in [0.3, 0.4) is 0 Å². The Balaban J connectivity index is 1.79. The van der Waals surface area contributed by atoms with E-state index in [1.807, 2.05) is 6.07 Å². The number of benzene rings is 1. The van der Waals surface area contributed by atoms with Crippen molar-refractivity contribution >= 4 is 21.4 Å². The zero-order chi connectivity index (χ0) is 15.9. The van der Waals surface area contributed by atoms with Gasteiger partial charge in [-0.2, -0.15) is 0 Å². The molecule has 2 fully saturated rings. The lowest BCUT2D eigenvalue weighted by Crippen LogP contribution is -2.37. The molecule has 8 heteroatoms. The number of nitro benzene ring substituents is 1. The summed E-state index contributed by atoms with van der Waals surface area (Å²) < 4.78 is 27.2. The van der Waals surface area contributed by atoms with E-state index in [0.29, 0.717) is 25.2 Å². The van der Waals surface area contributed by atoms with Crippen LogP contribution in [0.1, 0.15) is 24.8 Å². The van der Waals surface area contributed by atoms with Crippen LogP contribution in [0.4, 0.5) is 11.4 Å². The molecule has 1 saturated heterocycles. The monoisotopic (exact) mass is 325 g/mol. The summed E-state index contributed by atoms with van der Waals surface area (Å²) in [6.45, 7) is 2.61. The highest BCUT2D eigenvalue weighted by Gasteiger charge is 2.38. The number of anilines is 1. The Morgan fingerprint density at radius 3 is 2.68 bits per heavy atom. The van der Waals surface area contributed by atoms with E-state index in [0.717, 1.165) is 18.4 Å². The van der Waals surface area contributed by atoms with Gasteiger partial charge >= 0.3 is 0 Å². The summed E-state index contributed by atoms with van der Waals surface area (Å²) >= 11 is 0. The van der Waals surface area contributed by atoms with E-state index >= 15 is 0 Å². The van der Waals surface area contributed by atoms with Gasteiger partial charge in [0.25, 0.3) is 5.69 Å². The SMILES string of the molecule is Cc1ccc(N2CC[C@@H](S(=O)(=O)NC3CC3)C2)c([N+](=O)[O-])c1. The first kappa shape index (κ1) is 15.2. The van der Waals surface area contributed by atoms with Crippen LogP contribution in [-0.2, 0) is 10.0 Å². The number of nitro groups is 1. The van der Waals surface area contributed by atoms with Crippen molar-refractivity contribution in [3.63, 3.8) is 0 Å². The minimum Gasteiger partial charge on any atom is -0.365 e. The molecule has 3 rings (SSSR count). The van der Waals surface area contributed by atoms with Gasteiger partial charge in [0.05, 0.1) is 10.2 Å². The summed E-state index contributed by atoms with van der Waals surface area (Å²) in [6.07, 6.45) is 2.30. The predicted octanol–water partition coefficient (Wildman–Crippen LogP) is 1.56. The van der Waals surface area contributed by atoms with Gasteiger partial charge in [-0.1, -0.05) is 6.07 Å². The third-order valence-corrected chi connectivity index (χ3v) is 6.08. The maximum atomic E-state index is 12.3. The molecule has 0 bridgehead atoms. The predicted molar refractivity (Wildman–Crippen MR) is 83.5 cm³/mol. The molecule has 0 aromatic heterocycles. The average molecular weight is 325 g/mol. The van der Waals surface area contributed by atoms with Gasteiger partial charge in [-0.3, -0.25) is 10.1 Å². The third-order valence-electron chi connectivity index (χ3n) is 4.16. The van der Waals surface area contributed by atoms with Crippen molar-refractivity contribution in [3.8, 4) is 0 Å². The lowest BCUT2D eigenvalue weighted by molar-refractivity contribution is -0.384. The molecular weight excluding hydrogens is 306 g/mol. The highest BCUT2D eigenvalue weighted by molar-refractivity contribution is 7.90. The Bertz CT molecular complexity index is 700. The first-order valence-corrected chi connectivity index (χ1v) is 8.92. The molecule has 1 N–H and O–H groups in total. The molecule has 1 heterocycles. The van der Waals surface area contributed by atoms with Crippen LogP contribution >= 0.6 is 0 Å². The number of sulfonamides is 1. The lowest BCUT2D eigenvalue weighted by atomic mass is 10.2. The second-order valence-corrected chi connectivity index (χ2v) is 8.04. The standard InChI is InChI=1S/C14H19N3O4S/c1-10-2-5-13(14(8-10)17(18)19)16-7-6-12(9-16)22(20,21)15-11-3-4-11/h2,5,8,11-12,15H,3-4,6-7,9H2,1H3/t12-/m1/s1. The van der Waals surface area contributed by atoms with Crippen LogP contribution in [0.15, 0.2) is 18.2 Å². The van der Waals surface area contributed by atoms with Crippen molar-refractivity contribution in [3.05, 3.63) is 33.9 Å². The smallest absolute Gasteiger partial charge is 0.292 e. The molecule has 7 nitrogen and oxygen atoms in total. The number of hydrogen-bond acceptors (Lipinski definition) is 5. The van der Waals surface area contributed by atoms with Crippen molar-refractivity contribution < 1.29 is 13.3 Å². The summed E-state index contributed by atoms with van der Waals surface area (Å²) in [5, 5.41) is 10.7. The molecule has 0 amide bonds. The highest BCUT2D eigenvalue weighted by Crippen LogP contribution is 2.33. The Hall–Kier alpha value is -1.67. The fourth-order valence-corrected chi connectivity index (χ4v) is 4.46. The van der Waals surface area contributed by atoms with Crippen LogP contribution in [0, 0.1) is 17.0 Å². The van der Waals surface area contributed by atoms with Gasteiger partial charge in [0.2, 0.25) is 10.0 Å². The van der Waals surface area contributed by atoms with Crippen molar-refractivity contribution in [2.75, 3.05) is 18.0 Å². The zero-order valence-corrected chi connectivity index (χ0v) is 13.2. The first-order valence-electron chi connectivity index (χ1n) is 7.38. The highest BCUT2D eigenvalue weighted by atomic mass is 32.2. The second-order valence-electron chi connectivity index (χ2n) is 6.04. The van der Waals surface area contributed by atoms with Crippen LogP contribution in [0.5, 0.6) is 0 Å². The van der Waals surface area contributed by atoms with E-state index in [1.165, 1.54) is 6.07 Å². The van der Waals surface area contributed by atoms with E-state index in [1.54, 1.807) is 17.9 Å². The maximum absolute atomic E-state index is 12.3. The second kappa shape index (κ2) is 5.51. The van der Waals surface area contributed by atoms with E-state index < -0.39 is 20.2 Å². The van der Waals surface area contributed by atoms with Gasteiger partial charge < -0.3 is 4.90 Å². The number of rotatable bonds is 5. The number of nitrogens with zero attached hydrogens (tertiary/aromatic N) is 2. The van der Waals surface area contributed by atoms with Crippen molar-refractivity contribution in [2.45, 2.75) is 37.5 Å². The summed E-state index contributed by atoms with van der Waals surface area (Å²) in [4.78, 5) is 12.6. The summed E-state index contributed by atoms with van der Waals surface area (Å²) in [5.41, 5.74) is 1.35. The number of aryl methyl sites for hydroxylation is 1. The third kappa shape index (κ3) is 3.07. The first-order chi connectivity index (χ1) is 10.4. The van der Waals surface area contributed by atoms with Crippen LogP contribution in [0.2, 0.25) is 0 Å². The quantitative estimate of drug-likeness (QED) is 0.655. The van der Waals surface area contributed by atoms with Crippen molar-refractivity contribution in [1.82, 2.24) is 4.72 Å². The van der Waals surface area contributed by atoms with Crippen molar-refractivity contribution in [2.24, 2.45) is 0 Å².